The molecule has 0 spiro atoms. The van der Waals surface area contributed by atoms with Gasteiger partial charge in [-0.05, 0) is 48.6 Å². The summed E-state index contributed by atoms with van der Waals surface area (Å²) in [6.45, 7) is 0. The number of phenols is 1. The predicted molar refractivity (Wildman–Crippen MR) is 98.7 cm³/mol. The molecule has 2 aromatic carbocycles. The number of ketones is 1. The Hall–Kier alpha value is -3.47. The van der Waals surface area contributed by atoms with Crippen molar-refractivity contribution in [1.29, 1.82) is 0 Å². The molecule has 0 atom stereocenters. The smallest absolute Gasteiger partial charge is 0.185 e. The fourth-order valence-corrected chi connectivity index (χ4v) is 2.64. The highest BCUT2D eigenvalue weighted by molar-refractivity contribution is 6.07. The third kappa shape index (κ3) is 3.47. The molecule has 5 nitrogen and oxygen atoms in total. The monoisotopic (exact) mass is 350 g/mol. The van der Waals surface area contributed by atoms with Gasteiger partial charge in [0.15, 0.2) is 17.3 Å². The number of phenolic OH excluding ortho intramolecular Hbond substituents is 1. The molecule has 0 bridgehead atoms. The van der Waals surface area contributed by atoms with E-state index in [2.05, 4.69) is 0 Å². The molecule has 0 aliphatic carbocycles. The molecule has 132 valence electrons. The predicted octanol–water partition coefficient (Wildman–Crippen LogP) is 4.57. The van der Waals surface area contributed by atoms with Gasteiger partial charge < -0.3 is 19.0 Å². The zero-order valence-corrected chi connectivity index (χ0v) is 14.4. The highest BCUT2D eigenvalue weighted by Crippen LogP contribution is 2.41. The average Bonchev–Trinajstić information content (AvgIpc) is 3.19. The Bertz CT molecular complexity index is 939. The number of allylic oxidation sites excluding steroid dienone is 1. The van der Waals surface area contributed by atoms with Crippen LogP contribution in [-0.2, 0) is 0 Å². The Kier molecular flexibility index (Phi) is 5.08. The van der Waals surface area contributed by atoms with E-state index < -0.39 is 0 Å². The zero-order chi connectivity index (χ0) is 18.5. The van der Waals surface area contributed by atoms with E-state index in [0.717, 1.165) is 0 Å². The van der Waals surface area contributed by atoms with Gasteiger partial charge in [-0.15, -0.1) is 0 Å². The third-order valence-electron chi connectivity index (χ3n) is 3.92. The Morgan fingerprint density at radius 2 is 1.88 bits per heavy atom. The molecule has 0 saturated heterocycles. The van der Waals surface area contributed by atoms with E-state index in [-0.39, 0.29) is 11.5 Å². The number of aromatic hydroxyl groups is 1. The normalized spacial score (nSPS) is 10.8. The molecule has 5 heteroatoms. The van der Waals surface area contributed by atoms with Gasteiger partial charge in [0.25, 0.3) is 0 Å². The molecule has 3 rings (SSSR count). The van der Waals surface area contributed by atoms with Crippen LogP contribution >= 0.6 is 0 Å². The number of furan rings is 1. The van der Waals surface area contributed by atoms with E-state index in [4.69, 9.17) is 13.9 Å². The van der Waals surface area contributed by atoms with Crippen molar-refractivity contribution in [2.75, 3.05) is 14.2 Å². The van der Waals surface area contributed by atoms with E-state index in [0.29, 0.717) is 33.9 Å². The maximum absolute atomic E-state index is 12.4. The number of rotatable bonds is 6. The van der Waals surface area contributed by atoms with Crippen LogP contribution in [0.5, 0.6) is 17.2 Å². The van der Waals surface area contributed by atoms with E-state index in [9.17, 15) is 9.90 Å². The number of carbonyl (C=O) groups excluding carboxylic acids is 1. The fraction of sp³-hybridized carbons (Fsp3) is 0.0952. The summed E-state index contributed by atoms with van der Waals surface area (Å²) in [6, 6.07) is 13.5. The van der Waals surface area contributed by atoms with Crippen LogP contribution in [0, 0.1) is 0 Å². The molecule has 0 fully saturated rings. The summed E-state index contributed by atoms with van der Waals surface area (Å²) < 4.78 is 15.9. The van der Waals surface area contributed by atoms with Crippen molar-refractivity contribution in [1.82, 2.24) is 0 Å². The zero-order valence-electron chi connectivity index (χ0n) is 14.4. The second kappa shape index (κ2) is 7.61. The standard InChI is InChI=1S/C21H18O5/c1-24-20-7-3-6-16(21(20)25-2)17-13-14(8-10-19(17)23)18(22)11-9-15-5-4-12-26-15/h3-13,23H,1-2H3/b11-9+. The van der Waals surface area contributed by atoms with Crippen LogP contribution in [0.4, 0.5) is 0 Å². The van der Waals surface area contributed by atoms with Crippen molar-refractivity contribution in [3.8, 4) is 28.4 Å². The van der Waals surface area contributed by atoms with Crippen molar-refractivity contribution in [3.05, 3.63) is 72.2 Å². The van der Waals surface area contributed by atoms with Crippen LogP contribution in [-0.4, -0.2) is 25.1 Å². The minimum absolute atomic E-state index is 0.0446. The number of carbonyl (C=O) groups is 1. The van der Waals surface area contributed by atoms with Crippen molar-refractivity contribution in [3.63, 3.8) is 0 Å². The van der Waals surface area contributed by atoms with Crippen molar-refractivity contribution >= 4 is 11.9 Å². The average molecular weight is 350 g/mol. The molecule has 1 N–H and O–H groups in total. The molecule has 0 saturated carbocycles. The largest absolute Gasteiger partial charge is 0.507 e. The lowest BCUT2D eigenvalue weighted by atomic mass is 9.98. The maximum atomic E-state index is 12.4. The maximum Gasteiger partial charge on any atom is 0.185 e. The summed E-state index contributed by atoms with van der Waals surface area (Å²) in [5.41, 5.74) is 1.55. The number of benzene rings is 2. The van der Waals surface area contributed by atoms with Crippen molar-refractivity contribution in [2.45, 2.75) is 0 Å². The van der Waals surface area contributed by atoms with Crippen LogP contribution in [0.1, 0.15) is 16.1 Å². The van der Waals surface area contributed by atoms with Gasteiger partial charge in [-0.3, -0.25) is 4.79 Å². The van der Waals surface area contributed by atoms with Crippen LogP contribution < -0.4 is 9.47 Å². The molecule has 0 aliphatic rings. The van der Waals surface area contributed by atoms with Gasteiger partial charge in [0.2, 0.25) is 0 Å². The van der Waals surface area contributed by atoms with Gasteiger partial charge in [0.1, 0.15) is 11.5 Å². The summed E-state index contributed by atoms with van der Waals surface area (Å²) >= 11 is 0. The number of ether oxygens (including phenoxy) is 2. The summed E-state index contributed by atoms with van der Waals surface area (Å²) in [5.74, 6) is 1.46. The number of methoxy groups -OCH3 is 2. The summed E-state index contributed by atoms with van der Waals surface area (Å²) in [5, 5.41) is 10.3. The van der Waals surface area contributed by atoms with Crippen LogP contribution in [0.2, 0.25) is 0 Å². The van der Waals surface area contributed by atoms with E-state index in [1.165, 1.54) is 25.5 Å². The van der Waals surface area contributed by atoms with Crippen molar-refractivity contribution < 1.29 is 23.8 Å². The van der Waals surface area contributed by atoms with E-state index in [1.54, 1.807) is 55.7 Å². The second-order valence-electron chi connectivity index (χ2n) is 5.49. The summed E-state index contributed by atoms with van der Waals surface area (Å²) in [4.78, 5) is 12.4. The van der Waals surface area contributed by atoms with Gasteiger partial charge in [-0.2, -0.15) is 0 Å². The molecule has 0 radical (unpaired) electrons. The first-order valence-electron chi connectivity index (χ1n) is 7.94. The first-order valence-corrected chi connectivity index (χ1v) is 7.94. The number of hydrogen-bond acceptors (Lipinski definition) is 5. The van der Waals surface area contributed by atoms with Gasteiger partial charge in [0.05, 0.1) is 20.5 Å². The third-order valence-corrected chi connectivity index (χ3v) is 3.92. The fourth-order valence-electron chi connectivity index (χ4n) is 2.64. The Morgan fingerprint density at radius 3 is 2.58 bits per heavy atom. The second-order valence-corrected chi connectivity index (χ2v) is 5.49. The molecular weight excluding hydrogens is 332 g/mol. The lowest BCUT2D eigenvalue weighted by Crippen LogP contribution is -1.97. The minimum Gasteiger partial charge on any atom is -0.507 e. The van der Waals surface area contributed by atoms with Crippen LogP contribution in [0.15, 0.2) is 65.3 Å². The lowest BCUT2D eigenvalue weighted by Gasteiger charge is -2.14. The molecular formula is C21H18O5. The van der Waals surface area contributed by atoms with Gasteiger partial charge in [-0.1, -0.05) is 12.1 Å². The molecule has 0 unspecified atom stereocenters. The summed E-state index contributed by atoms with van der Waals surface area (Å²) in [7, 11) is 3.07. The highest BCUT2D eigenvalue weighted by atomic mass is 16.5. The Morgan fingerprint density at radius 1 is 1.04 bits per heavy atom. The molecule has 0 amide bonds. The SMILES string of the molecule is COc1cccc(-c2cc(C(=O)/C=C/c3ccco3)ccc2O)c1OC. The first kappa shape index (κ1) is 17.4. The van der Waals surface area contributed by atoms with Crippen molar-refractivity contribution in [2.24, 2.45) is 0 Å². The van der Waals surface area contributed by atoms with Crippen LogP contribution in [0.25, 0.3) is 17.2 Å². The number of hydrogen-bond donors (Lipinski definition) is 1. The number of para-hydroxylation sites is 1. The first-order chi connectivity index (χ1) is 12.6. The van der Waals surface area contributed by atoms with Gasteiger partial charge >= 0.3 is 0 Å². The lowest BCUT2D eigenvalue weighted by molar-refractivity contribution is 0.104. The van der Waals surface area contributed by atoms with Gasteiger partial charge in [0, 0.05) is 16.7 Å². The molecule has 26 heavy (non-hydrogen) atoms. The Balaban J connectivity index is 2.00. The molecule has 1 heterocycles. The quantitative estimate of drug-likeness (QED) is 0.521. The Labute approximate surface area is 151 Å². The summed E-state index contributed by atoms with van der Waals surface area (Å²) in [6.07, 6.45) is 4.57. The topological polar surface area (TPSA) is 68.9 Å². The minimum atomic E-state index is -0.204. The molecule has 0 aliphatic heterocycles. The highest BCUT2D eigenvalue weighted by Gasteiger charge is 2.16. The van der Waals surface area contributed by atoms with Crippen LogP contribution in [0.3, 0.4) is 0 Å². The molecule has 1 aromatic heterocycles. The molecule has 3 aromatic rings. The van der Waals surface area contributed by atoms with Gasteiger partial charge in [-0.25, -0.2) is 0 Å². The van der Waals surface area contributed by atoms with E-state index in [1.807, 2.05) is 0 Å². The van der Waals surface area contributed by atoms with E-state index >= 15 is 0 Å².